The number of halogens is 2. The Bertz CT molecular complexity index is 905. The van der Waals surface area contributed by atoms with Gasteiger partial charge in [-0.2, -0.15) is 0 Å². The van der Waals surface area contributed by atoms with Crippen LogP contribution >= 0.6 is 27.5 Å². The molecule has 3 aromatic rings. The summed E-state index contributed by atoms with van der Waals surface area (Å²) in [6.07, 6.45) is 2.19. The van der Waals surface area contributed by atoms with E-state index >= 15 is 0 Å². The van der Waals surface area contributed by atoms with Gasteiger partial charge >= 0.3 is 0 Å². The van der Waals surface area contributed by atoms with Gasteiger partial charge in [-0.1, -0.05) is 88.2 Å². The van der Waals surface area contributed by atoms with Crippen LogP contribution in [0.15, 0.2) is 89.4 Å². The maximum absolute atomic E-state index is 6.28. The van der Waals surface area contributed by atoms with Crippen molar-refractivity contribution in [2.24, 2.45) is 0 Å². The Hall–Kier alpha value is -2.07. The predicted octanol–water partition coefficient (Wildman–Crippen LogP) is 6.08. The molecule has 1 heterocycles. The van der Waals surface area contributed by atoms with Crippen molar-refractivity contribution in [2.75, 3.05) is 0 Å². The van der Waals surface area contributed by atoms with E-state index in [1.807, 2.05) is 24.3 Å². The summed E-state index contributed by atoms with van der Waals surface area (Å²) in [5, 5.41) is 8.00. The summed E-state index contributed by atoms with van der Waals surface area (Å²) in [5.74, 6) is 0. The molecule has 2 nitrogen and oxygen atoms in total. The van der Waals surface area contributed by atoms with Crippen LogP contribution in [0.4, 0.5) is 0 Å². The van der Waals surface area contributed by atoms with Crippen molar-refractivity contribution in [1.82, 2.24) is 10.6 Å². The van der Waals surface area contributed by atoms with E-state index in [9.17, 15) is 0 Å². The smallest absolute Gasteiger partial charge is 0.104 e. The predicted molar refractivity (Wildman–Crippen MR) is 112 cm³/mol. The summed E-state index contributed by atoms with van der Waals surface area (Å²) >= 11 is 9.82. The first-order valence-electron chi connectivity index (χ1n) is 8.50. The number of hydrogen-bond acceptors (Lipinski definition) is 2. The lowest BCUT2D eigenvalue weighted by Gasteiger charge is -2.33. The Morgan fingerprint density at radius 2 is 1.50 bits per heavy atom. The van der Waals surface area contributed by atoms with Gasteiger partial charge in [0.25, 0.3) is 0 Å². The van der Waals surface area contributed by atoms with Gasteiger partial charge in [-0.25, -0.2) is 0 Å². The standard InChI is InChI=1S/C22H18BrClN2/c23-18-11-17(12-19(24)13-18)22-25-20(15-7-3-1-4-8-15)14-21(26-22)16-9-5-2-6-10-16/h1-14,20,22,25-26H. The Labute approximate surface area is 167 Å². The number of rotatable bonds is 3. The van der Waals surface area contributed by atoms with Gasteiger partial charge in [0.15, 0.2) is 0 Å². The van der Waals surface area contributed by atoms with E-state index in [-0.39, 0.29) is 12.2 Å². The monoisotopic (exact) mass is 424 g/mol. The van der Waals surface area contributed by atoms with Gasteiger partial charge < -0.3 is 5.32 Å². The molecule has 2 N–H and O–H groups in total. The Balaban J connectivity index is 1.75. The fourth-order valence-corrected chi connectivity index (χ4v) is 4.10. The summed E-state index contributed by atoms with van der Waals surface area (Å²) in [4.78, 5) is 0. The molecular formula is C22H18BrClN2. The Morgan fingerprint density at radius 3 is 2.19 bits per heavy atom. The first kappa shape index (κ1) is 17.3. The summed E-state index contributed by atoms with van der Waals surface area (Å²) in [5.41, 5.74) is 4.60. The second kappa shape index (κ2) is 7.67. The topological polar surface area (TPSA) is 24.1 Å². The molecule has 4 rings (SSSR count). The van der Waals surface area contributed by atoms with Crippen LogP contribution in [0.3, 0.4) is 0 Å². The molecule has 3 aromatic carbocycles. The molecule has 2 unspecified atom stereocenters. The van der Waals surface area contributed by atoms with Crippen molar-refractivity contribution >= 4 is 33.2 Å². The highest BCUT2D eigenvalue weighted by Crippen LogP contribution is 2.31. The molecule has 0 saturated carbocycles. The largest absolute Gasteiger partial charge is 0.366 e. The highest BCUT2D eigenvalue weighted by Gasteiger charge is 2.24. The third-order valence-electron chi connectivity index (χ3n) is 4.44. The zero-order valence-corrected chi connectivity index (χ0v) is 16.3. The van der Waals surface area contributed by atoms with Crippen LogP contribution in [-0.4, -0.2) is 0 Å². The van der Waals surface area contributed by atoms with Gasteiger partial charge in [0.1, 0.15) is 6.17 Å². The number of hydrogen-bond donors (Lipinski definition) is 2. The summed E-state index contributed by atoms with van der Waals surface area (Å²) in [6, 6.07) is 27.0. The summed E-state index contributed by atoms with van der Waals surface area (Å²) in [6.45, 7) is 0. The van der Waals surface area contributed by atoms with E-state index in [0.717, 1.165) is 15.7 Å². The van der Waals surface area contributed by atoms with Crippen LogP contribution in [-0.2, 0) is 0 Å². The van der Waals surface area contributed by atoms with E-state index in [1.165, 1.54) is 11.1 Å². The van der Waals surface area contributed by atoms with Gasteiger partial charge in [-0.15, -0.1) is 0 Å². The molecule has 0 saturated heterocycles. The number of nitrogens with one attached hydrogen (secondary N) is 2. The normalized spacial score (nSPS) is 19.5. The van der Waals surface area contributed by atoms with Crippen LogP contribution in [0.2, 0.25) is 5.02 Å². The highest BCUT2D eigenvalue weighted by atomic mass is 79.9. The second-order valence-corrected chi connectivity index (χ2v) is 7.63. The van der Waals surface area contributed by atoms with Crippen LogP contribution < -0.4 is 10.6 Å². The van der Waals surface area contributed by atoms with Gasteiger partial charge in [0, 0.05) is 15.2 Å². The van der Waals surface area contributed by atoms with E-state index in [1.54, 1.807) is 0 Å². The lowest BCUT2D eigenvalue weighted by Crippen LogP contribution is -2.39. The minimum Gasteiger partial charge on any atom is -0.366 e. The average molecular weight is 426 g/mol. The molecule has 0 spiro atoms. The zero-order chi connectivity index (χ0) is 17.9. The van der Waals surface area contributed by atoms with Gasteiger partial charge in [0.2, 0.25) is 0 Å². The summed E-state index contributed by atoms with van der Waals surface area (Å²) < 4.78 is 0.968. The fourth-order valence-electron chi connectivity index (χ4n) is 3.21. The Morgan fingerprint density at radius 1 is 0.808 bits per heavy atom. The van der Waals surface area contributed by atoms with Gasteiger partial charge in [-0.05, 0) is 41.0 Å². The van der Waals surface area contributed by atoms with E-state index in [4.69, 9.17) is 11.6 Å². The molecule has 130 valence electrons. The van der Waals surface area contributed by atoms with Crippen LogP contribution in [0.1, 0.15) is 28.9 Å². The van der Waals surface area contributed by atoms with Crippen LogP contribution in [0.5, 0.6) is 0 Å². The van der Waals surface area contributed by atoms with Crippen molar-refractivity contribution in [3.05, 3.63) is 111 Å². The van der Waals surface area contributed by atoms with Crippen molar-refractivity contribution < 1.29 is 0 Å². The second-order valence-electron chi connectivity index (χ2n) is 6.28. The van der Waals surface area contributed by atoms with Gasteiger partial charge in [-0.3, -0.25) is 5.32 Å². The maximum Gasteiger partial charge on any atom is 0.104 e. The maximum atomic E-state index is 6.28. The third kappa shape index (κ3) is 3.85. The van der Waals surface area contributed by atoms with E-state index in [0.29, 0.717) is 5.02 Å². The van der Waals surface area contributed by atoms with Crippen molar-refractivity contribution in [1.29, 1.82) is 0 Å². The molecule has 0 aromatic heterocycles. The molecule has 0 aliphatic carbocycles. The lowest BCUT2D eigenvalue weighted by molar-refractivity contribution is 0.442. The Kier molecular flexibility index (Phi) is 5.11. The van der Waals surface area contributed by atoms with E-state index < -0.39 is 0 Å². The fraction of sp³-hybridized carbons (Fsp3) is 0.0909. The molecule has 0 fully saturated rings. The summed E-state index contributed by atoms with van der Waals surface area (Å²) in [7, 11) is 0. The molecule has 4 heteroatoms. The molecule has 0 bridgehead atoms. The van der Waals surface area contributed by atoms with Crippen LogP contribution in [0.25, 0.3) is 5.70 Å². The number of benzene rings is 3. The first-order valence-corrected chi connectivity index (χ1v) is 9.67. The molecule has 1 aliphatic heterocycles. The molecular weight excluding hydrogens is 408 g/mol. The van der Waals surface area contributed by atoms with Gasteiger partial charge in [0.05, 0.1) is 6.04 Å². The minimum absolute atomic E-state index is 0.0459. The third-order valence-corrected chi connectivity index (χ3v) is 5.12. The van der Waals surface area contributed by atoms with Crippen molar-refractivity contribution in [2.45, 2.75) is 12.2 Å². The minimum atomic E-state index is -0.0459. The molecule has 26 heavy (non-hydrogen) atoms. The molecule has 2 atom stereocenters. The average Bonchev–Trinajstić information content (AvgIpc) is 2.68. The quantitative estimate of drug-likeness (QED) is 0.531. The molecule has 0 radical (unpaired) electrons. The van der Waals surface area contributed by atoms with Crippen LogP contribution in [0, 0.1) is 0 Å². The SMILES string of the molecule is Clc1cc(Br)cc(C2NC(c3ccccc3)=CC(c3ccccc3)N2)c1. The highest BCUT2D eigenvalue weighted by molar-refractivity contribution is 9.10. The van der Waals surface area contributed by atoms with Crippen molar-refractivity contribution in [3.63, 3.8) is 0 Å². The first-order chi connectivity index (χ1) is 12.7. The van der Waals surface area contributed by atoms with E-state index in [2.05, 4.69) is 87.2 Å². The van der Waals surface area contributed by atoms with Crippen molar-refractivity contribution in [3.8, 4) is 0 Å². The molecule has 0 amide bonds. The molecule has 1 aliphatic rings. The zero-order valence-electron chi connectivity index (χ0n) is 14.0. The lowest BCUT2D eigenvalue weighted by atomic mass is 9.98.